The van der Waals surface area contributed by atoms with Crippen molar-refractivity contribution in [1.82, 2.24) is 15.1 Å². The number of ether oxygens (including phenoxy) is 2. The number of imide groups is 1. The summed E-state index contributed by atoms with van der Waals surface area (Å²) in [6, 6.07) is 39.5. The monoisotopic (exact) mass is 696 g/mol. The van der Waals surface area contributed by atoms with Crippen molar-refractivity contribution in [2.45, 2.75) is 32.6 Å². The normalized spacial score (nSPS) is 13.3. The summed E-state index contributed by atoms with van der Waals surface area (Å²) in [7, 11) is 0. The Kier molecular flexibility index (Phi) is 11.6. The van der Waals surface area contributed by atoms with Gasteiger partial charge in [0, 0.05) is 25.3 Å². The van der Waals surface area contributed by atoms with E-state index in [0.29, 0.717) is 42.4 Å². The number of hydrogen-bond donors (Lipinski definition) is 2. The molecule has 1 aliphatic rings. The van der Waals surface area contributed by atoms with Crippen molar-refractivity contribution >= 4 is 29.4 Å². The lowest BCUT2D eigenvalue weighted by molar-refractivity contribution is -0.153. The van der Waals surface area contributed by atoms with Gasteiger partial charge in [-0.15, -0.1) is 0 Å². The van der Waals surface area contributed by atoms with Gasteiger partial charge in [0.2, 0.25) is 0 Å². The molecule has 10 heteroatoms. The van der Waals surface area contributed by atoms with E-state index >= 15 is 0 Å². The van der Waals surface area contributed by atoms with Gasteiger partial charge in [-0.05, 0) is 59.4 Å². The van der Waals surface area contributed by atoms with Crippen LogP contribution in [0.1, 0.15) is 33.9 Å². The lowest BCUT2D eigenvalue weighted by Crippen LogP contribution is -2.59. The molecule has 6 rings (SSSR count). The van der Waals surface area contributed by atoms with Crippen LogP contribution in [0.15, 0.2) is 133 Å². The SMILES string of the molecule is Cc1ccccc1NC(=O)C(NC(=O)N1CCN(CCc2ccc(OCc3ccccc3)c(OCc3ccccc3)c2)C(=O)C1=O)c1ccccc1. The third kappa shape index (κ3) is 9.02. The number of carbonyl (C=O) groups excluding carboxylic acids is 4. The molecule has 10 nitrogen and oxygen atoms in total. The quantitative estimate of drug-likeness (QED) is 0.137. The molecule has 264 valence electrons. The van der Waals surface area contributed by atoms with Gasteiger partial charge in [0.25, 0.3) is 5.91 Å². The summed E-state index contributed by atoms with van der Waals surface area (Å²) in [6.45, 7) is 2.98. The molecule has 52 heavy (non-hydrogen) atoms. The van der Waals surface area contributed by atoms with Crippen LogP contribution in [0.4, 0.5) is 10.5 Å². The molecule has 0 radical (unpaired) electrons. The first-order chi connectivity index (χ1) is 25.4. The molecule has 1 fully saturated rings. The predicted molar refractivity (Wildman–Crippen MR) is 198 cm³/mol. The fourth-order valence-corrected chi connectivity index (χ4v) is 5.82. The van der Waals surface area contributed by atoms with Crippen LogP contribution in [-0.4, -0.2) is 53.2 Å². The third-order valence-electron chi connectivity index (χ3n) is 8.77. The van der Waals surface area contributed by atoms with Gasteiger partial charge in [-0.1, -0.05) is 115 Å². The first-order valence-electron chi connectivity index (χ1n) is 17.1. The van der Waals surface area contributed by atoms with Crippen LogP contribution in [-0.2, 0) is 34.0 Å². The number of nitrogens with zero attached hydrogens (tertiary/aromatic N) is 2. The highest BCUT2D eigenvalue weighted by molar-refractivity contribution is 6.38. The summed E-state index contributed by atoms with van der Waals surface area (Å²) < 4.78 is 12.3. The van der Waals surface area contributed by atoms with E-state index in [2.05, 4.69) is 10.6 Å². The third-order valence-corrected chi connectivity index (χ3v) is 8.77. The highest BCUT2D eigenvalue weighted by Gasteiger charge is 2.37. The van der Waals surface area contributed by atoms with Crippen LogP contribution in [0, 0.1) is 6.92 Å². The molecule has 0 saturated carbocycles. The molecule has 1 heterocycles. The highest BCUT2D eigenvalue weighted by Crippen LogP contribution is 2.31. The molecule has 0 aliphatic carbocycles. The van der Waals surface area contributed by atoms with Gasteiger partial charge < -0.3 is 25.0 Å². The fraction of sp³-hybridized carbons (Fsp3) is 0.190. The van der Waals surface area contributed by atoms with Crippen molar-refractivity contribution in [2.75, 3.05) is 25.0 Å². The number of amides is 5. The van der Waals surface area contributed by atoms with E-state index in [0.717, 1.165) is 27.2 Å². The number of rotatable bonds is 13. The molecule has 0 aromatic heterocycles. The van der Waals surface area contributed by atoms with Crippen molar-refractivity contribution in [2.24, 2.45) is 0 Å². The van der Waals surface area contributed by atoms with Crippen molar-refractivity contribution < 1.29 is 28.7 Å². The average Bonchev–Trinajstić information content (AvgIpc) is 3.18. The van der Waals surface area contributed by atoms with Gasteiger partial charge in [0.05, 0.1) is 0 Å². The maximum Gasteiger partial charge on any atom is 0.325 e. The van der Waals surface area contributed by atoms with Crippen molar-refractivity contribution in [3.05, 3.63) is 161 Å². The van der Waals surface area contributed by atoms with Gasteiger partial charge in [0.1, 0.15) is 19.3 Å². The average molecular weight is 697 g/mol. The molecule has 0 bridgehead atoms. The zero-order valence-corrected chi connectivity index (χ0v) is 28.9. The minimum Gasteiger partial charge on any atom is -0.485 e. The number of hydrogen-bond acceptors (Lipinski definition) is 6. The standard InChI is InChI=1S/C42H40N4O6/c1-30-13-11-12-20-35(30)43-39(47)38(34-18-9-4-10-19-34)44-42(50)46-26-25-45(40(48)41(46)49)24-23-31-21-22-36(51-28-32-14-5-2-6-15-32)37(27-31)52-29-33-16-7-3-8-17-33/h2-22,27,38H,23-26,28-29H2,1H3,(H,43,47)(H,44,50). The number of para-hydroxylation sites is 1. The number of carbonyl (C=O) groups is 4. The van der Waals surface area contributed by atoms with Gasteiger partial charge in [-0.25, -0.2) is 4.79 Å². The van der Waals surface area contributed by atoms with E-state index in [9.17, 15) is 19.2 Å². The Hall–Kier alpha value is -6.42. The van der Waals surface area contributed by atoms with Gasteiger partial charge >= 0.3 is 17.8 Å². The van der Waals surface area contributed by atoms with Crippen LogP contribution in [0.25, 0.3) is 0 Å². The predicted octanol–water partition coefficient (Wildman–Crippen LogP) is 6.46. The molecular formula is C42H40N4O6. The zero-order valence-electron chi connectivity index (χ0n) is 28.9. The Bertz CT molecular complexity index is 2010. The number of urea groups is 1. The van der Waals surface area contributed by atoms with E-state index in [1.54, 1.807) is 42.5 Å². The lowest BCUT2D eigenvalue weighted by Gasteiger charge is -2.33. The number of anilines is 1. The maximum atomic E-state index is 13.4. The minimum absolute atomic E-state index is 0.0188. The van der Waals surface area contributed by atoms with Gasteiger partial charge in [-0.3, -0.25) is 19.3 Å². The Labute approximate surface area is 303 Å². The highest BCUT2D eigenvalue weighted by atomic mass is 16.5. The fourth-order valence-electron chi connectivity index (χ4n) is 5.82. The summed E-state index contributed by atoms with van der Waals surface area (Å²) in [4.78, 5) is 55.7. The van der Waals surface area contributed by atoms with Crippen LogP contribution in [0.3, 0.4) is 0 Å². The Morgan fingerprint density at radius 1 is 0.673 bits per heavy atom. The molecule has 5 aromatic rings. The molecule has 2 N–H and O–H groups in total. The van der Waals surface area contributed by atoms with Crippen LogP contribution in [0.5, 0.6) is 11.5 Å². The Morgan fingerprint density at radius 2 is 1.27 bits per heavy atom. The van der Waals surface area contributed by atoms with Crippen molar-refractivity contribution in [3.63, 3.8) is 0 Å². The molecule has 1 aliphatic heterocycles. The summed E-state index contributed by atoms with van der Waals surface area (Å²) >= 11 is 0. The zero-order chi connectivity index (χ0) is 36.3. The topological polar surface area (TPSA) is 117 Å². The molecule has 0 spiro atoms. The number of nitrogens with one attached hydrogen (secondary N) is 2. The molecule has 5 aromatic carbocycles. The van der Waals surface area contributed by atoms with Crippen LogP contribution < -0.4 is 20.1 Å². The van der Waals surface area contributed by atoms with Crippen LogP contribution in [0.2, 0.25) is 0 Å². The Balaban J connectivity index is 1.09. The van der Waals surface area contributed by atoms with Crippen molar-refractivity contribution in [1.29, 1.82) is 0 Å². The minimum atomic E-state index is -1.10. The molecule has 1 atom stereocenters. The van der Waals surface area contributed by atoms with E-state index in [1.807, 2.05) is 97.9 Å². The van der Waals surface area contributed by atoms with Crippen LogP contribution >= 0.6 is 0 Å². The number of benzene rings is 5. The molecule has 5 amide bonds. The molecular weight excluding hydrogens is 656 g/mol. The smallest absolute Gasteiger partial charge is 0.325 e. The summed E-state index contributed by atoms with van der Waals surface area (Å²) in [5.74, 6) is -1.05. The first kappa shape index (κ1) is 35.4. The maximum absolute atomic E-state index is 13.4. The van der Waals surface area contributed by atoms with E-state index < -0.39 is 29.8 Å². The largest absolute Gasteiger partial charge is 0.485 e. The summed E-state index contributed by atoms with van der Waals surface area (Å²) in [6.07, 6.45) is 0.445. The number of piperazine rings is 1. The van der Waals surface area contributed by atoms with E-state index in [-0.39, 0.29) is 19.6 Å². The second-order valence-electron chi connectivity index (χ2n) is 12.4. The van der Waals surface area contributed by atoms with E-state index in [1.165, 1.54) is 4.90 Å². The summed E-state index contributed by atoms with van der Waals surface area (Å²) in [5, 5.41) is 5.55. The second kappa shape index (κ2) is 17.0. The van der Waals surface area contributed by atoms with Gasteiger partial charge in [-0.2, -0.15) is 0 Å². The van der Waals surface area contributed by atoms with E-state index in [4.69, 9.17) is 9.47 Å². The van der Waals surface area contributed by atoms with Crippen molar-refractivity contribution in [3.8, 4) is 11.5 Å². The Morgan fingerprint density at radius 3 is 1.92 bits per heavy atom. The summed E-state index contributed by atoms with van der Waals surface area (Å²) in [5.41, 5.74) is 4.91. The number of aryl methyl sites for hydroxylation is 1. The molecule has 1 unspecified atom stereocenters. The van der Waals surface area contributed by atoms with Gasteiger partial charge in [0.15, 0.2) is 11.5 Å². The lowest BCUT2D eigenvalue weighted by atomic mass is 10.1. The molecule has 1 saturated heterocycles. The second-order valence-corrected chi connectivity index (χ2v) is 12.4. The first-order valence-corrected chi connectivity index (χ1v) is 17.1.